The summed E-state index contributed by atoms with van der Waals surface area (Å²) >= 11 is 0. The number of hydrogen-bond acceptors (Lipinski definition) is 8. The van der Waals surface area contributed by atoms with Gasteiger partial charge < -0.3 is 18.9 Å². The minimum absolute atomic E-state index is 0.217. The fraction of sp³-hybridized carbons (Fsp3) is 0.800. The first-order valence-electron chi connectivity index (χ1n) is 7.68. The van der Waals surface area contributed by atoms with Crippen molar-refractivity contribution in [3.63, 3.8) is 0 Å². The third-order valence-electron chi connectivity index (χ3n) is 2.73. The van der Waals surface area contributed by atoms with Crippen molar-refractivity contribution in [2.24, 2.45) is 0 Å². The van der Waals surface area contributed by atoms with Crippen molar-refractivity contribution in [1.29, 1.82) is 0 Å². The second-order valence-electron chi connectivity index (χ2n) is 4.69. The van der Waals surface area contributed by atoms with Gasteiger partial charge >= 0.3 is 17.9 Å². The molecule has 0 N–H and O–H groups in total. The number of carbonyl (C=O) groups excluding carboxylic acids is 3. The zero-order chi connectivity index (χ0) is 17.5. The molecular weight excluding hydrogens is 306 g/mol. The fourth-order valence-corrected chi connectivity index (χ4v) is 1.66. The lowest BCUT2D eigenvalue weighted by Gasteiger charge is -2.21. The van der Waals surface area contributed by atoms with Crippen LogP contribution in [0.2, 0.25) is 0 Å². The molecule has 0 saturated heterocycles. The molecule has 0 amide bonds. The van der Waals surface area contributed by atoms with Crippen molar-refractivity contribution < 1.29 is 33.3 Å². The van der Waals surface area contributed by atoms with Gasteiger partial charge in [-0.15, -0.1) is 0 Å². The molecule has 0 aliphatic rings. The predicted octanol–water partition coefficient (Wildman–Crippen LogP) is 0.384. The minimum atomic E-state index is -0.337. The van der Waals surface area contributed by atoms with Crippen molar-refractivity contribution in [3.05, 3.63) is 0 Å². The van der Waals surface area contributed by atoms with Gasteiger partial charge in [-0.25, -0.2) is 0 Å². The number of carbonyl (C=O) groups is 3. The first-order chi connectivity index (χ1) is 11.0. The van der Waals surface area contributed by atoms with Crippen LogP contribution in [0.1, 0.15) is 27.2 Å². The molecule has 0 aromatic carbocycles. The van der Waals surface area contributed by atoms with E-state index in [0.717, 1.165) is 0 Å². The van der Waals surface area contributed by atoms with E-state index >= 15 is 0 Å². The van der Waals surface area contributed by atoms with Crippen molar-refractivity contribution in [1.82, 2.24) is 4.90 Å². The minimum Gasteiger partial charge on any atom is -0.466 e. The summed E-state index contributed by atoms with van der Waals surface area (Å²) in [7, 11) is 0. The molecule has 0 spiro atoms. The van der Waals surface area contributed by atoms with Crippen LogP contribution in [0.25, 0.3) is 0 Å². The molecule has 0 aromatic heterocycles. The van der Waals surface area contributed by atoms with E-state index in [4.69, 9.17) is 18.9 Å². The Hall–Kier alpha value is -1.67. The van der Waals surface area contributed by atoms with Gasteiger partial charge in [0.1, 0.15) is 13.2 Å². The van der Waals surface area contributed by atoms with E-state index in [-0.39, 0.29) is 37.5 Å². The second kappa shape index (κ2) is 14.0. The largest absolute Gasteiger partial charge is 0.466 e. The van der Waals surface area contributed by atoms with Crippen LogP contribution < -0.4 is 0 Å². The molecule has 8 nitrogen and oxygen atoms in total. The average Bonchev–Trinajstić information content (AvgIpc) is 2.45. The summed E-state index contributed by atoms with van der Waals surface area (Å²) in [6.07, 6.45) is 0.217. The highest BCUT2D eigenvalue weighted by Crippen LogP contribution is 1.93. The lowest BCUT2D eigenvalue weighted by Crippen LogP contribution is -2.34. The van der Waals surface area contributed by atoms with Gasteiger partial charge in [-0.2, -0.15) is 0 Å². The smallest absolute Gasteiger partial charge is 0.308 e. The van der Waals surface area contributed by atoms with Crippen LogP contribution in [0, 0.1) is 0 Å². The molecule has 0 aliphatic heterocycles. The van der Waals surface area contributed by atoms with Crippen LogP contribution in [0.15, 0.2) is 0 Å². The topological polar surface area (TPSA) is 91.4 Å². The number of esters is 3. The van der Waals surface area contributed by atoms with E-state index in [9.17, 15) is 14.4 Å². The molecule has 0 rings (SSSR count). The molecule has 23 heavy (non-hydrogen) atoms. The third kappa shape index (κ3) is 15.0. The van der Waals surface area contributed by atoms with Crippen LogP contribution in [-0.4, -0.2) is 75.5 Å². The average molecular weight is 333 g/mol. The summed E-state index contributed by atoms with van der Waals surface area (Å²) in [5, 5.41) is 0. The number of hydrogen-bond donors (Lipinski definition) is 0. The van der Waals surface area contributed by atoms with Gasteiger partial charge in [-0.1, -0.05) is 0 Å². The molecule has 8 heteroatoms. The molecular formula is C15H27NO7. The summed E-state index contributed by atoms with van der Waals surface area (Å²) in [4.78, 5) is 34.6. The maximum absolute atomic E-state index is 11.1. The molecule has 0 saturated carbocycles. The van der Waals surface area contributed by atoms with Crippen LogP contribution >= 0.6 is 0 Å². The van der Waals surface area contributed by atoms with Gasteiger partial charge in [0.2, 0.25) is 0 Å². The third-order valence-corrected chi connectivity index (χ3v) is 2.73. The van der Waals surface area contributed by atoms with E-state index in [1.165, 1.54) is 13.8 Å². The molecule has 0 aromatic rings. The highest BCUT2D eigenvalue weighted by atomic mass is 16.5. The predicted molar refractivity (Wildman–Crippen MR) is 81.8 cm³/mol. The van der Waals surface area contributed by atoms with Gasteiger partial charge in [0.05, 0.1) is 26.2 Å². The van der Waals surface area contributed by atoms with Crippen LogP contribution in [0.4, 0.5) is 0 Å². The van der Waals surface area contributed by atoms with E-state index in [0.29, 0.717) is 39.5 Å². The number of nitrogens with zero attached hydrogens (tertiary/aromatic N) is 1. The van der Waals surface area contributed by atoms with Crippen molar-refractivity contribution in [2.75, 3.05) is 52.7 Å². The Balaban J connectivity index is 3.91. The van der Waals surface area contributed by atoms with Crippen molar-refractivity contribution in [2.45, 2.75) is 27.2 Å². The molecule has 0 fully saturated rings. The molecule has 0 bridgehead atoms. The first-order valence-corrected chi connectivity index (χ1v) is 7.68. The Morgan fingerprint density at radius 1 is 0.783 bits per heavy atom. The summed E-state index contributed by atoms with van der Waals surface area (Å²) in [6.45, 7) is 7.65. The van der Waals surface area contributed by atoms with Crippen LogP contribution in [0.5, 0.6) is 0 Å². The van der Waals surface area contributed by atoms with Gasteiger partial charge in [0, 0.05) is 33.5 Å². The van der Waals surface area contributed by atoms with E-state index in [1.54, 1.807) is 6.92 Å². The highest BCUT2D eigenvalue weighted by Gasteiger charge is 2.08. The number of ether oxygens (including phenoxy) is 4. The summed E-state index contributed by atoms with van der Waals surface area (Å²) < 4.78 is 20.0. The quantitative estimate of drug-likeness (QED) is 0.271. The van der Waals surface area contributed by atoms with Crippen molar-refractivity contribution in [3.8, 4) is 0 Å². The summed E-state index contributed by atoms with van der Waals surface area (Å²) in [5.74, 6) is -0.958. The van der Waals surface area contributed by atoms with Crippen molar-refractivity contribution >= 4 is 17.9 Å². The molecule has 0 heterocycles. The standard InChI is InChI=1S/C15H27NO7/c1-4-21-15(19)5-9-20-10-6-16(7-11-22-13(2)17)8-12-23-14(3)18/h4-12H2,1-3H3. The Bertz CT molecular complexity index is 340. The Morgan fingerprint density at radius 3 is 1.78 bits per heavy atom. The van der Waals surface area contributed by atoms with E-state index in [2.05, 4.69) is 0 Å². The first kappa shape index (κ1) is 21.3. The maximum atomic E-state index is 11.1. The Kier molecular flexibility index (Phi) is 12.9. The summed E-state index contributed by atoms with van der Waals surface area (Å²) in [6, 6.07) is 0. The lowest BCUT2D eigenvalue weighted by atomic mass is 10.4. The van der Waals surface area contributed by atoms with Gasteiger partial charge in [-0.3, -0.25) is 19.3 Å². The van der Waals surface area contributed by atoms with Crippen LogP contribution in [0.3, 0.4) is 0 Å². The molecule has 0 aliphatic carbocycles. The lowest BCUT2D eigenvalue weighted by molar-refractivity contribution is -0.144. The number of rotatable bonds is 13. The highest BCUT2D eigenvalue weighted by molar-refractivity contribution is 5.69. The van der Waals surface area contributed by atoms with Gasteiger partial charge in [0.25, 0.3) is 0 Å². The summed E-state index contributed by atoms with van der Waals surface area (Å²) in [5.41, 5.74) is 0. The zero-order valence-electron chi connectivity index (χ0n) is 14.2. The maximum Gasteiger partial charge on any atom is 0.308 e. The molecule has 0 radical (unpaired) electrons. The molecule has 0 unspecified atom stereocenters. The van der Waals surface area contributed by atoms with Crippen LogP contribution in [-0.2, 0) is 33.3 Å². The van der Waals surface area contributed by atoms with Gasteiger partial charge in [0.15, 0.2) is 0 Å². The Morgan fingerprint density at radius 2 is 1.30 bits per heavy atom. The molecule has 134 valence electrons. The second-order valence-corrected chi connectivity index (χ2v) is 4.69. The normalized spacial score (nSPS) is 10.4. The zero-order valence-corrected chi connectivity index (χ0v) is 14.2. The Labute approximate surface area is 137 Å². The SMILES string of the molecule is CCOC(=O)CCOCCN(CCOC(C)=O)CCOC(C)=O. The monoisotopic (exact) mass is 333 g/mol. The van der Waals surface area contributed by atoms with E-state index < -0.39 is 0 Å². The van der Waals surface area contributed by atoms with E-state index in [1.807, 2.05) is 4.90 Å². The van der Waals surface area contributed by atoms with Gasteiger partial charge in [-0.05, 0) is 6.92 Å². The fourth-order valence-electron chi connectivity index (χ4n) is 1.66. The molecule has 0 atom stereocenters.